The van der Waals surface area contributed by atoms with Crippen LogP contribution in [0.3, 0.4) is 0 Å². The van der Waals surface area contributed by atoms with Gasteiger partial charge in [-0.2, -0.15) is 0 Å². The summed E-state index contributed by atoms with van der Waals surface area (Å²) in [6, 6.07) is 10.6. The number of rotatable bonds is 4. The van der Waals surface area contributed by atoms with Crippen LogP contribution in [0.15, 0.2) is 42.6 Å². The molecule has 0 unspecified atom stereocenters. The highest BCUT2D eigenvalue weighted by atomic mass is 35.5. The molecule has 0 radical (unpaired) electrons. The SMILES string of the molecule is CC(=O)N1CCN(C(C)C)[C@H](c2nnc3ccc(C(=O)Nc4ccc(Cl)cc4)cn23)C1. The molecular weight excluding hydrogens is 416 g/mol. The molecule has 2 aromatic heterocycles. The van der Waals surface area contributed by atoms with Gasteiger partial charge in [0, 0.05) is 49.5 Å². The second-order valence-corrected chi connectivity index (χ2v) is 8.41. The summed E-state index contributed by atoms with van der Waals surface area (Å²) >= 11 is 5.91. The van der Waals surface area contributed by atoms with Gasteiger partial charge < -0.3 is 10.2 Å². The summed E-state index contributed by atoms with van der Waals surface area (Å²) in [4.78, 5) is 29.0. The molecule has 0 bridgehead atoms. The number of benzene rings is 1. The molecule has 3 heterocycles. The first kappa shape index (κ1) is 21.3. The van der Waals surface area contributed by atoms with E-state index in [-0.39, 0.29) is 23.9 Å². The van der Waals surface area contributed by atoms with Crippen LogP contribution >= 0.6 is 11.6 Å². The van der Waals surface area contributed by atoms with Gasteiger partial charge in [-0.1, -0.05) is 11.6 Å². The summed E-state index contributed by atoms with van der Waals surface area (Å²) in [5, 5.41) is 12.2. The van der Waals surface area contributed by atoms with E-state index in [1.807, 2.05) is 9.30 Å². The maximum atomic E-state index is 12.8. The number of pyridine rings is 1. The number of hydrogen-bond acceptors (Lipinski definition) is 5. The number of carbonyl (C=O) groups is 2. The van der Waals surface area contributed by atoms with Gasteiger partial charge >= 0.3 is 0 Å². The normalized spacial score (nSPS) is 17.3. The second-order valence-electron chi connectivity index (χ2n) is 7.98. The van der Waals surface area contributed by atoms with Crippen molar-refractivity contribution in [1.82, 2.24) is 24.4 Å². The molecule has 0 spiro atoms. The Morgan fingerprint density at radius 2 is 1.84 bits per heavy atom. The number of amides is 2. The van der Waals surface area contributed by atoms with Gasteiger partial charge in [-0.3, -0.25) is 18.9 Å². The molecule has 1 saturated heterocycles. The van der Waals surface area contributed by atoms with E-state index in [0.29, 0.717) is 35.0 Å². The van der Waals surface area contributed by atoms with Crippen LogP contribution in [0.25, 0.3) is 5.65 Å². The minimum Gasteiger partial charge on any atom is -0.340 e. The van der Waals surface area contributed by atoms with Gasteiger partial charge in [-0.25, -0.2) is 0 Å². The largest absolute Gasteiger partial charge is 0.340 e. The van der Waals surface area contributed by atoms with Crippen LogP contribution in [0.4, 0.5) is 5.69 Å². The Labute approximate surface area is 185 Å². The molecule has 1 aliphatic rings. The van der Waals surface area contributed by atoms with Gasteiger partial charge in [0.05, 0.1) is 11.6 Å². The molecule has 1 aliphatic heterocycles. The number of hydrogen-bond donors (Lipinski definition) is 1. The molecule has 1 N–H and O–H groups in total. The average molecular weight is 441 g/mol. The first-order chi connectivity index (χ1) is 14.8. The first-order valence-electron chi connectivity index (χ1n) is 10.3. The van der Waals surface area contributed by atoms with Crippen LogP contribution in [0.5, 0.6) is 0 Å². The lowest BCUT2D eigenvalue weighted by Crippen LogP contribution is -2.52. The number of fused-ring (bicyclic) bond motifs is 1. The summed E-state index contributed by atoms with van der Waals surface area (Å²) in [5.41, 5.74) is 1.80. The number of nitrogens with one attached hydrogen (secondary N) is 1. The summed E-state index contributed by atoms with van der Waals surface area (Å²) in [6.45, 7) is 7.83. The first-order valence-corrected chi connectivity index (χ1v) is 10.6. The van der Waals surface area contributed by atoms with Crippen molar-refractivity contribution in [3.63, 3.8) is 0 Å². The Balaban J connectivity index is 1.66. The van der Waals surface area contributed by atoms with Crippen molar-refractivity contribution in [3.8, 4) is 0 Å². The van der Waals surface area contributed by atoms with Crippen molar-refractivity contribution >= 4 is 34.7 Å². The van der Waals surface area contributed by atoms with Crippen molar-refractivity contribution in [1.29, 1.82) is 0 Å². The topological polar surface area (TPSA) is 82.8 Å². The maximum Gasteiger partial charge on any atom is 0.257 e. The number of anilines is 1. The van der Waals surface area contributed by atoms with Gasteiger partial charge in [0.2, 0.25) is 5.91 Å². The summed E-state index contributed by atoms with van der Waals surface area (Å²) in [6.07, 6.45) is 1.75. The van der Waals surface area contributed by atoms with E-state index in [9.17, 15) is 9.59 Å². The highest BCUT2D eigenvalue weighted by Gasteiger charge is 2.34. The Morgan fingerprint density at radius 3 is 2.52 bits per heavy atom. The van der Waals surface area contributed by atoms with Crippen LogP contribution in [-0.2, 0) is 4.79 Å². The summed E-state index contributed by atoms with van der Waals surface area (Å²) in [7, 11) is 0. The molecule has 2 amide bonds. The standard InChI is InChI=1S/C22H25ClN6O2/c1-14(2)28-11-10-27(15(3)30)13-19(28)21-26-25-20-9-4-16(12-29(20)21)22(31)24-18-7-5-17(23)6-8-18/h4-9,12,14,19H,10-11,13H2,1-3H3,(H,24,31)/t19-/m0/s1. The number of nitrogens with zero attached hydrogens (tertiary/aromatic N) is 5. The zero-order valence-corrected chi connectivity index (χ0v) is 18.5. The maximum absolute atomic E-state index is 12.8. The molecule has 31 heavy (non-hydrogen) atoms. The van der Waals surface area contributed by atoms with Crippen molar-refractivity contribution in [3.05, 3.63) is 59.0 Å². The quantitative estimate of drug-likeness (QED) is 0.673. The van der Waals surface area contributed by atoms with Gasteiger partial charge in [0.15, 0.2) is 11.5 Å². The predicted octanol–water partition coefficient (Wildman–Crippen LogP) is 3.25. The predicted molar refractivity (Wildman–Crippen MR) is 119 cm³/mol. The van der Waals surface area contributed by atoms with E-state index in [0.717, 1.165) is 12.4 Å². The lowest BCUT2D eigenvalue weighted by Gasteiger charge is -2.42. The summed E-state index contributed by atoms with van der Waals surface area (Å²) < 4.78 is 1.85. The number of piperazine rings is 1. The van der Waals surface area contributed by atoms with E-state index in [2.05, 4.69) is 34.3 Å². The van der Waals surface area contributed by atoms with Crippen LogP contribution in [0, 0.1) is 0 Å². The Hall–Kier alpha value is -2.97. The zero-order valence-electron chi connectivity index (χ0n) is 17.7. The fourth-order valence-corrected chi connectivity index (χ4v) is 4.06. The number of carbonyl (C=O) groups excluding carboxylic acids is 2. The van der Waals surface area contributed by atoms with E-state index in [1.54, 1.807) is 49.5 Å². The molecule has 0 saturated carbocycles. The highest BCUT2D eigenvalue weighted by molar-refractivity contribution is 6.30. The molecule has 162 valence electrons. The molecule has 4 rings (SSSR count). The van der Waals surface area contributed by atoms with E-state index in [1.165, 1.54) is 0 Å². The molecule has 0 aliphatic carbocycles. The van der Waals surface area contributed by atoms with E-state index >= 15 is 0 Å². The Bertz CT molecular complexity index is 1110. The van der Waals surface area contributed by atoms with Gasteiger partial charge in [0.1, 0.15) is 0 Å². The fourth-order valence-electron chi connectivity index (χ4n) is 3.94. The molecular formula is C22H25ClN6O2. The molecule has 1 aromatic carbocycles. The molecule has 8 nitrogen and oxygen atoms in total. The van der Waals surface area contributed by atoms with Gasteiger partial charge in [0.25, 0.3) is 5.91 Å². The zero-order chi connectivity index (χ0) is 22.1. The van der Waals surface area contributed by atoms with Crippen molar-refractivity contribution in [2.75, 3.05) is 25.0 Å². The second kappa shape index (κ2) is 8.64. The van der Waals surface area contributed by atoms with Crippen LogP contribution in [0.1, 0.15) is 43.0 Å². The third kappa shape index (κ3) is 4.40. The van der Waals surface area contributed by atoms with Gasteiger partial charge in [-0.05, 0) is 50.2 Å². The highest BCUT2D eigenvalue weighted by Crippen LogP contribution is 2.27. The minimum absolute atomic E-state index is 0.0465. The monoisotopic (exact) mass is 440 g/mol. The van der Waals surface area contributed by atoms with Gasteiger partial charge in [-0.15, -0.1) is 10.2 Å². The summed E-state index contributed by atoms with van der Waals surface area (Å²) in [5.74, 6) is 0.527. The third-order valence-electron chi connectivity index (χ3n) is 5.62. The molecule has 1 fully saturated rings. The van der Waals surface area contributed by atoms with Crippen molar-refractivity contribution in [2.45, 2.75) is 32.9 Å². The average Bonchev–Trinajstić information content (AvgIpc) is 3.18. The van der Waals surface area contributed by atoms with Crippen LogP contribution < -0.4 is 5.32 Å². The van der Waals surface area contributed by atoms with Crippen LogP contribution in [-0.4, -0.2) is 61.9 Å². The van der Waals surface area contributed by atoms with E-state index in [4.69, 9.17) is 11.6 Å². The Kier molecular flexibility index (Phi) is 5.93. The lowest BCUT2D eigenvalue weighted by molar-refractivity contribution is -0.132. The minimum atomic E-state index is -0.237. The number of halogens is 1. The number of aromatic nitrogens is 3. The molecule has 1 atom stereocenters. The van der Waals surface area contributed by atoms with Crippen molar-refractivity contribution in [2.24, 2.45) is 0 Å². The molecule has 9 heteroatoms. The van der Waals surface area contributed by atoms with E-state index < -0.39 is 0 Å². The molecule has 3 aromatic rings. The fraction of sp³-hybridized carbons (Fsp3) is 0.364. The lowest BCUT2D eigenvalue weighted by atomic mass is 10.1. The van der Waals surface area contributed by atoms with Crippen LogP contribution in [0.2, 0.25) is 5.02 Å². The Morgan fingerprint density at radius 1 is 1.10 bits per heavy atom. The smallest absolute Gasteiger partial charge is 0.257 e. The van der Waals surface area contributed by atoms with Crippen molar-refractivity contribution < 1.29 is 9.59 Å². The third-order valence-corrected chi connectivity index (χ3v) is 5.87.